The number of halogens is 1. The number of hydrogen-bond donors (Lipinski definition) is 1. The van der Waals surface area contributed by atoms with Crippen LogP contribution in [0.25, 0.3) is 0 Å². The monoisotopic (exact) mass is 407 g/mol. The highest BCUT2D eigenvalue weighted by Gasteiger charge is 2.19. The summed E-state index contributed by atoms with van der Waals surface area (Å²) in [5.74, 6) is -0.234. The molecule has 0 aliphatic rings. The second-order valence-electron chi connectivity index (χ2n) is 6.33. The van der Waals surface area contributed by atoms with Crippen molar-refractivity contribution in [1.29, 1.82) is 0 Å². The number of rotatable bonds is 10. The Labute approximate surface area is 169 Å². The lowest BCUT2D eigenvalue weighted by atomic mass is 10.2. The average molecular weight is 408 g/mol. The van der Waals surface area contributed by atoms with E-state index in [0.717, 1.165) is 30.7 Å². The van der Waals surface area contributed by atoms with Crippen LogP contribution in [0.5, 0.6) is 0 Å². The normalized spacial score (nSPS) is 10.6. The fraction of sp³-hybridized carbons (Fsp3) is 0.450. The maximum Gasteiger partial charge on any atom is 0.270 e. The molecule has 1 aromatic heterocycles. The van der Waals surface area contributed by atoms with Crippen molar-refractivity contribution in [1.82, 2.24) is 15.2 Å². The number of nitrogens with one attached hydrogen (secondary N) is 1. The summed E-state index contributed by atoms with van der Waals surface area (Å²) in [7, 11) is 0. The first-order valence-corrected chi connectivity index (χ1v) is 10.6. The highest BCUT2D eigenvalue weighted by molar-refractivity contribution is 7.09. The predicted molar refractivity (Wildman–Crippen MR) is 110 cm³/mol. The third-order valence-electron chi connectivity index (χ3n) is 4.07. The molecule has 1 heterocycles. The zero-order valence-electron chi connectivity index (χ0n) is 15.8. The van der Waals surface area contributed by atoms with Crippen molar-refractivity contribution in [3.63, 3.8) is 0 Å². The molecule has 0 bridgehead atoms. The molecule has 1 N–H and O–H groups in total. The van der Waals surface area contributed by atoms with Crippen LogP contribution in [0.2, 0.25) is 5.02 Å². The standard InChI is InChI=1S/C20H26ClN3O2S/c1-3-5-10-22-19(25)17-14-27-18(23-17)13-24(11-6-4-2)20(26)15-8-7-9-16(21)12-15/h7-9,12,14H,3-6,10-11,13H2,1-2H3,(H,22,25). The molecule has 0 saturated carbocycles. The maximum absolute atomic E-state index is 12.9. The van der Waals surface area contributed by atoms with Crippen LogP contribution in [0.1, 0.15) is 65.4 Å². The van der Waals surface area contributed by atoms with Crippen LogP contribution in [0.4, 0.5) is 0 Å². The SMILES string of the molecule is CCCCNC(=O)c1csc(CN(CCCC)C(=O)c2cccc(Cl)c2)n1. The van der Waals surface area contributed by atoms with Gasteiger partial charge in [-0.1, -0.05) is 44.4 Å². The van der Waals surface area contributed by atoms with E-state index in [9.17, 15) is 9.59 Å². The van der Waals surface area contributed by atoms with Crippen molar-refractivity contribution in [2.24, 2.45) is 0 Å². The molecule has 2 aromatic rings. The molecule has 0 aliphatic carbocycles. The molecular weight excluding hydrogens is 382 g/mol. The van der Waals surface area contributed by atoms with Gasteiger partial charge in [-0.25, -0.2) is 4.98 Å². The molecule has 0 unspecified atom stereocenters. The van der Waals surface area contributed by atoms with Crippen LogP contribution >= 0.6 is 22.9 Å². The maximum atomic E-state index is 12.9. The Morgan fingerprint density at radius 3 is 2.70 bits per heavy atom. The summed E-state index contributed by atoms with van der Waals surface area (Å²) in [6.45, 7) is 5.84. The van der Waals surface area contributed by atoms with Crippen LogP contribution in [0.3, 0.4) is 0 Å². The Hall–Kier alpha value is -1.92. The van der Waals surface area contributed by atoms with Gasteiger partial charge < -0.3 is 10.2 Å². The van der Waals surface area contributed by atoms with Gasteiger partial charge in [-0.15, -0.1) is 11.3 Å². The van der Waals surface area contributed by atoms with Gasteiger partial charge in [0.15, 0.2) is 0 Å². The Balaban J connectivity index is 2.07. The molecule has 7 heteroatoms. The van der Waals surface area contributed by atoms with Gasteiger partial charge in [-0.2, -0.15) is 0 Å². The second kappa shape index (κ2) is 11.0. The van der Waals surface area contributed by atoms with Crippen molar-refractivity contribution in [3.8, 4) is 0 Å². The summed E-state index contributed by atoms with van der Waals surface area (Å²) in [4.78, 5) is 31.2. The molecule has 0 fully saturated rings. The highest BCUT2D eigenvalue weighted by atomic mass is 35.5. The highest BCUT2D eigenvalue weighted by Crippen LogP contribution is 2.17. The van der Waals surface area contributed by atoms with E-state index >= 15 is 0 Å². The van der Waals surface area contributed by atoms with E-state index < -0.39 is 0 Å². The molecular formula is C20H26ClN3O2S. The smallest absolute Gasteiger partial charge is 0.270 e. The fourth-order valence-electron chi connectivity index (χ4n) is 2.53. The van der Waals surface area contributed by atoms with E-state index in [1.807, 2.05) is 0 Å². The largest absolute Gasteiger partial charge is 0.351 e. The number of benzene rings is 1. The van der Waals surface area contributed by atoms with Crippen LogP contribution in [0.15, 0.2) is 29.6 Å². The first kappa shape index (κ1) is 21.4. The summed E-state index contributed by atoms with van der Waals surface area (Å²) < 4.78 is 0. The van der Waals surface area contributed by atoms with Crippen LogP contribution < -0.4 is 5.32 Å². The van der Waals surface area contributed by atoms with Crippen molar-refractivity contribution in [2.45, 2.75) is 46.1 Å². The molecule has 5 nitrogen and oxygen atoms in total. The lowest BCUT2D eigenvalue weighted by Crippen LogP contribution is -2.31. The minimum Gasteiger partial charge on any atom is -0.351 e. The topological polar surface area (TPSA) is 62.3 Å². The lowest BCUT2D eigenvalue weighted by molar-refractivity contribution is 0.0740. The number of carbonyl (C=O) groups excluding carboxylic acids is 2. The minimum absolute atomic E-state index is 0.0740. The summed E-state index contributed by atoms with van der Waals surface area (Å²) in [6, 6.07) is 6.97. The van der Waals surface area contributed by atoms with E-state index in [1.165, 1.54) is 11.3 Å². The number of aromatic nitrogens is 1. The van der Waals surface area contributed by atoms with Crippen molar-refractivity contribution >= 4 is 34.8 Å². The third kappa shape index (κ3) is 6.63. The summed E-state index contributed by atoms with van der Waals surface area (Å²) in [5.41, 5.74) is 0.976. The Morgan fingerprint density at radius 1 is 1.22 bits per heavy atom. The van der Waals surface area contributed by atoms with Crippen LogP contribution in [-0.4, -0.2) is 34.8 Å². The number of thiazole rings is 1. The summed E-state index contributed by atoms with van der Waals surface area (Å²) in [5, 5.41) is 5.90. The molecule has 0 atom stereocenters. The van der Waals surface area contributed by atoms with Gasteiger partial charge in [0.2, 0.25) is 0 Å². The molecule has 0 saturated heterocycles. The zero-order chi connectivity index (χ0) is 19.6. The van der Waals surface area contributed by atoms with E-state index in [4.69, 9.17) is 11.6 Å². The van der Waals surface area contributed by atoms with Crippen molar-refractivity contribution in [2.75, 3.05) is 13.1 Å². The van der Waals surface area contributed by atoms with Gasteiger partial charge in [0.1, 0.15) is 10.7 Å². The van der Waals surface area contributed by atoms with Crippen molar-refractivity contribution < 1.29 is 9.59 Å². The van der Waals surface area contributed by atoms with Gasteiger partial charge in [-0.05, 0) is 31.0 Å². The average Bonchev–Trinajstić information content (AvgIpc) is 3.13. The Kier molecular flexibility index (Phi) is 8.75. The molecule has 27 heavy (non-hydrogen) atoms. The van der Waals surface area contributed by atoms with Gasteiger partial charge in [-0.3, -0.25) is 9.59 Å². The molecule has 0 aliphatic heterocycles. The van der Waals surface area contributed by atoms with Gasteiger partial charge in [0, 0.05) is 29.1 Å². The third-order valence-corrected chi connectivity index (χ3v) is 5.14. The van der Waals surface area contributed by atoms with E-state index in [0.29, 0.717) is 35.9 Å². The van der Waals surface area contributed by atoms with Crippen molar-refractivity contribution in [3.05, 3.63) is 50.9 Å². The second-order valence-corrected chi connectivity index (χ2v) is 7.71. The number of unbranched alkanes of at least 4 members (excludes halogenated alkanes) is 2. The number of carbonyl (C=O) groups is 2. The van der Waals surface area contributed by atoms with Gasteiger partial charge >= 0.3 is 0 Å². The fourth-order valence-corrected chi connectivity index (χ4v) is 3.50. The summed E-state index contributed by atoms with van der Waals surface area (Å²) in [6.07, 6.45) is 3.87. The van der Waals surface area contributed by atoms with Gasteiger partial charge in [0.25, 0.3) is 11.8 Å². The molecule has 2 rings (SSSR count). The number of amides is 2. The molecule has 0 radical (unpaired) electrons. The first-order valence-electron chi connectivity index (χ1n) is 9.32. The molecule has 146 valence electrons. The Morgan fingerprint density at radius 2 is 2.00 bits per heavy atom. The minimum atomic E-state index is -0.160. The predicted octanol–water partition coefficient (Wildman–Crippen LogP) is 4.77. The van der Waals surface area contributed by atoms with Gasteiger partial charge in [0.05, 0.1) is 6.54 Å². The quantitative estimate of drug-likeness (QED) is 0.577. The molecule has 2 amide bonds. The van der Waals surface area contributed by atoms with E-state index in [1.54, 1.807) is 34.5 Å². The number of nitrogens with zero attached hydrogens (tertiary/aromatic N) is 2. The number of hydrogen-bond acceptors (Lipinski definition) is 4. The van der Waals surface area contributed by atoms with E-state index in [-0.39, 0.29) is 11.8 Å². The summed E-state index contributed by atoms with van der Waals surface area (Å²) >= 11 is 7.43. The Bertz CT molecular complexity index is 763. The molecule has 0 spiro atoms. The van der Waals surface area contributed by atoms with Crippen LogP contribution in [0, 0.1) is 0 Å². The lowest BCUT2D eigenvalue weighted by Gasteiger charge is -2.21. The van der Waals surface area contributed by atoms with Crippen LogP contribution in [-0.2, 0) is 6.54 Å². The zero-order valence-corrected chi connectivity index (χ0v) is 17.4. The van der Waals surface area contributed by atoms with E-state index in [2.05, 4.69) is 24.1 Å². The first-order chi connectivity index (χ1) is 13.0. The molecule has 1 aromatic carbocycles.